The van der Waals surface area contributed by atoms with Crippen LogP contribution in [0.25, 0.3) is 0 Å². The Labute approximate surface area is 131 Å². The van der Waals surface area contributed by atoms with Gasteiger partial charge in [0.15, 0.2) is 5.00 Å². The lowest BCUT2D eigenvalue weighted by molar-refractivity contribution is 0.485. The van der Waals surface area contributed by atoms with Crippen molar-refractivity contribution < 1.29 is 13.0 Å². The fraction of sp³-hybridized carbons (Fsp3) is 0.154. The second-order valence-corrected chi connectivity index (χ2v) is 7.02. The van der Waals surface area contributed by atoms with Gasteiger partial charge in [-0.3, -0.25) is 4.55 Å². The van der Waals surface area contributed by atoms with Crippen LogP contribution in [0.5, 0.6) is 0 Å². The van der Waals surface area contributed by atoms with Crippen molar-refractivity contribution in [1.82, 2.24) is 0 Å². The maximum Gasteiger partial charge on any atom is 0.283 e. The molecule has 1 aromatic heterocycles. The second kappa shape index (κ2) is 6.65. The quantitative estimate of drug-likeness (QED) is 0.639. The smallest absolute Gasteiger partial charge is 0.283 e. The van der Waals surface area contributed by atoms with Gasteiger partial charge in [0.05, 0.1) is 11.3 Å². The summed E-state index contributed by atoms with van der Waals surface area (Å²) in [5, 5.41) is 20.2. The van der Waals surface area contributed by atoms with Crippen LogP contribution in [-0.4, -0.2) is 18.8 Å². The highest BCUT2D eigenvalue weighted by molar-refractivity contribution is 7.85. The van der Waals surface area contributed by atoms with Crippen molar-refractivity contribution >= 4 is 37.8 Å². The average molecular weight is 336 g/mol. The Morgan fingerprint density at radius 2 is 2.00 bits per heavy atom. The van der Waals surface area contributed by atoms with Crippen molar-refractivity contribution in [2.75, 3.05) is 11.2 Å². The Hall–Kier alpha value is -2.28. The molecule has 0 aliphatic carbocycles. The van der Waals surface area contributed by atoms with E-state index in [0.29, 0.717) is 21.9 Å². The van der Waals surface area contributed by atoms with Crippen LogP contribution >= 0.6 is 11.3 Å². The minimum atomic E-state index is -4.07. The minimum absolute atomic E-state index is 0.484. The fourth-order valence-corrected chi connectivity index (χ4v) is 2.71. The molecule has 0 amide bonds. The van der Waals surface area contributed by atoms with Crippen molar-refractivity contribution in [3.63, 3.8) is 0 Å². The van der Waals surface area contributed by atoms with E-state index in [4.69, 9.17) is 9.81 Å². The van der Waals surface area contributed by atoms with Gasteiger partial charge in [-0.05, 0) is 37.3 Å². The van der Waals surface area contributed by atoms with E-state index in [9.17, 15) is 8.42 Å². The number of rotatable bonds is 5. The summed E-state index contributed by atoms with van der Waals surface area (Å²) < 4.78 is 29.9. The Morgan fingerprint density at radius 1 is 1.32 bits per heavy atom. The fourth-order valence-electron chi connectivity index (χ4n) is 1.58. The number of benzene rings is 1. The first-order valence-electron chi connectivity index (χ1n) is 6.09. The van der Waals surface area contributed by atoms with Gasteiger partial charge >= 0.3 is 0 Å². The molecule has 0 aliphatic rings. The summed E-state index contributed by atoms with van der Waals surface area (Å²) in [6.45, 7) is 1.89. The highest BCUT2D eigenvalue weighted by Crippen LogP contribution is 2.31. The molecule has 0 fully saturated rings. The normalized spacial score (nSPS) is 11.5. The molecule has 0 spiro atoms. The molecule has 0 saturated heterocycles. The molecule has 0 bridgehead atoms. The van der Waals surface area contributed by atoms with Crippen LogP contribution in [0.15, 0.2) is 40.6 Å². The van der Waals surface area contributed by atoms with E-state index in [2.05, 4.69) is 21.6 Å². The zero-order chi connectivity index (χ0) is 16.2. The van der Waals surface area contributed by atoms with Gasteiger partial charge in [0.1, 0.15) is 11.9 Å². The Balaban J connectivity index is 2.08. The number of nitrogens with one attached hydrogen (secondary N) is 1. The minimum Gasteiger partial charge on any atom is -0.370 e. The van der Waals surface area contributed by atoms with Crippen molar-refractivity contribution in [3.05, 3.63) is 40.8 Å². The Kier molecular flexibility index (Phi) is 4.87. The molecule has 2 aromatic rings. The van der Waals surface area contributed by atoms with Gasteiger partial charge in [-0.1, -0.05) is 0 Å². The highest BCUT2D eigenvalue weighted by atomic mass is 32.2. The van der Waals surface area contributed by atoms with Crippen LogP contribution in [0, 0.1) is 18.3 Å². The first-order valence-corrected chi connectivity index (χ1v) is 8.51. The molecule has 22 heavy (non-hydrogen) atoms. The van der Waals surface area contributed by atoms with Crippen LogP contribution in [0.2, 0.25) is 0 Å². The largest absolute Gasteiger partial charge is 0.370 e. The van der Waals surface area contributed by atoms with E-state index in [-0.39, 0.29) is 0 Å². The molecule has 1 aromatic carbocycles. The summed E-state index contributed by atoms with van der Waals surface area (Å²) >= 11 is 1.38. The molecule has 2 rings (SSSR count). The molecule has 0 unspecified atom stereocenters. The summed E-state index contributed by atoms with van der Waals surface area (Å²) in [5.41, 5.74) is 1.58. The van der Waals surface area contributed by atoms with Gasteiger partial charge in [0.2, 0.25) is 0 Å². The van der Waals surface area contributed by atoms with Crippen molar-refractivity contribution in [2.24, 2.45) is 10.2 Å². The number of thiophene rings is 1. The van der Waals surface area contributed by atoms with Crippen molar-refractivity contribution in [2.45, 2.75) is 6.92 Å². The average Bonchev–Trinajstić information content (AvgIpc) is 2.83. The predicted octanol–water partition coefficient (Wildman–Crippen LogP) is 3.60. The molecule has 1 heterocycles. The standard InChI is InChI=1S/C13H12N4O3S2/c1-9-6-10(7-14)13(21-9)17-16-12-4-2-11(3-5-12)15-8-22(18,19)20/h2-6,15H,8H2,1H3,(H,18,19,20). The lowest BCUT2D eigenvalue weighted by Crippen LogP contribution is -2.12. The zero-order valence-electron chi connectivity index (χ0n) is 11.5. The van der Waals surface area contributed by atoms with E-state index in [1.54, 1.807) is 30.3 Å². The number of aryl methyl sites for hydroxylation is 1. The molecule has 0 radical (unpaired) electrons. The maximum absolute atomic E-state index is 10.6. The van der Waals surface area contributed by atoms with E-state index in [1.165, 1.54) is 11.3 Å². The van der Waals surface area contributed by atoms with Crippen molar-refractivity contribution in [1.29, 1.82) is 5.26 Å². The monoisotopic (exact) mass is 336 g/mol. The number of nitrogens with zero attached hydrogens (tertiary/aromatic N) is 3. The summed E-state index contributed by atoms with van der Waals surface area (Å²) in [4.78, 5) is 0.982. The number of nitriles is 1. The molecule has 0 aliphatic heterocycles. The molecule has 0 atom stereocenters. The van der Waals surface area contributed by atoms with Gasteiger partial charge in [-0.15, -0.1) is 21.6 Å². The highest BCUT2D eigenvalue weighted by Gasteiger charge is 2.05. The Bertz CT molecular complexity index is 833. The van der Waals surface area contributed by atoms with Gasteiger partial charge in [0, 0.05) is 10.6 Å². The Morgan fingerprint density at radius 3 is 2.59 bits per heavy atom. The van der Waals surface area contributed by atoms with Crippen LogP contribution in [0.4, 0.5) is 16.4 Å². The van der Waals surface area contributed by atoms with Gasteiger partial charge < -0.3 is 5.32 Å². The van der Waals surface area contributed by atoms with E-state index in [0.717, 1.165) is 4.88 Å². The third kappa shape index (κ3) is 4.63. The third-order valence-electron chi connectivity index (χ3n) is 2.54. The molecular weight excluding hydrogens is 324 g/mol. The zero-order valence-corrected chi connectivity index (χ0v) is 13.1. The summed E-state index contributed by atoms with van der Waals surface area (Å²) in [6.07, 6.45) is 0. The maximum atomic E-state index is 10.6. The van der Waals surface area contributed by atoms with Crippen molar-refractivity contribution in [3.8, 4) is 6.07 Å². The second-order valence-electron chi connectivity index (χ2n) is 4.34. The van der Waals surface area contributed by atoms with E-state index in [1.807, 2.05) is 6.92 Å². The summed E-state index contributed by atoms with van der Waals surface area (Å²) in [5.74, 6) is -0.562. The van der Waals surface area contributed by atoms with E-state index < -0.39 is 16.0 Å². The molecule has 9 heteroatoms. The number of azo groups is 1. The van der Waals surface area contributed by atoms with Crippen LogP contribution in [0.1, 0.15) is 10.4 Å². The molecule has 114 valence electrons. The number of hydrogen-bond donors (Lipinski definition) is 2. The molecule has 2 N–H and O–H groups in total. The van der Waals surface area contributed by atoms with E-state index >= 15 is 0 Å². The topological polar surface area (TPSA) is 115 Å². The van der Waals surface area contributed by atoms with Crippen LogP contribution < -0.4 is 5.32 Å². The predicted molar refractivity (Wildman–Crippen MR) is 84.4 cm³/mol. The van der Waals surface area contributed by atoms with Gasteiger partial charge in [-0.2, -0.15) is 13.7 Å². The number of anilines is 1. The van der Waals surface area contributed by atoms with Crippen LogP contribution in [0.3, 0.4) is 0 Å². The lowest BCUT2D eigenvalue weighted by Gasteiger charge is -2.03. The summed E-state index contributed by atoms with van der Waals surface area (Å²) in [7, 11) is -4.07. The number of hydrogen-bond acceptors (Lipinski definition) is 7. The molecular formula is C13H12N4O3S2. The first-order chi connectivity index (χ1) is 10.4. The third-order valence-corrected chi connectivity index (χ3v) is 3.98. The SMILES string of the molecule is Cc1cc(C#N)c(N=Nc2ccc(NCS(=O)(=O)O)cc2)s1. The van der Waals surface area contributed by atoms with Gasteiger partial charge in [-0.25, -0.2) is 0 Å². The lowest BCUT2D eigenvalue weighted by atomic mass is 10.3. The molecule has 0 saturated carbocycles. The van der Waals surface area contributed by atoms with Crippen LogP contribution in [-0.2, 0) is 10.1 Å². The van der Waals surface area contributed by atoms with Gasteiger partial charge in [0.25, 0.3) is 10.1 Å². The summed E-state index contributed by atoms with van der Waals surface area (Å²) in [6, 6.07) is 10.3. The molecule has 7 nitrogen and oxygen atoms in total. The first kappa shape index (κ1) is 16.1.